The molecule has 1 aliphatic carbocycles. The highest BCUT2D eigenvalue weighted by molar-refractivity contribution is 7.91. The Kier molecular flexibility index (Phi) is 8.16. The summed E-state index contributed by atoms with van der Waals surface area (Å²) < 4.78 is 26.9. The summed E-state index contributed by atoms with van der Waals surface area (Å²) in [5.41, 5.74) is 0. The van der Waals surface area contributed by atoms with Crippen LogP contribution in [0.3, 0.4) is 0 Å². The van der Waals surface area contributed by atoms with Gasteiger partial charge in [-0.15, -0.1) is 0 Å². The maximum Gasteiger partial charge on any atom is 0.323 e. The molecule has 2 N–H and O–H groups in total. The van der Waals surface area contributed by atoms with Crippen molar-refractivity contribution in [2.75, 3.05) is 18.4 Å². The molecular formula is C21H34N4O5S2. The number of urea groups is 1. The summed E-state index contributed by atoms with van der Waals surface area (Å²) in [5, 5.41) is 12.3. The molecule has 1 saturated carbocycles. The second kappa shape index (κ2) is 10.5. The van der Waals surface area contributed by atoms with E-state index in [1.54, 1.807) is 0 Å². The first-order valence-electron chi connectivity index (χ1n) is 11.4. The van der Waals surface area contributed by atoms with Gasteiger partial charge in [0.2, 0.25) is 0 Å². The van der Waals surface area contributed by atoms with Gasteiger partial charge in [-0.1, -0.05) is 32.1 Å². The van der Waals surface area contributed by atoms with Crippen molar-refractivity contribution in [3.05, 3.63) is 6.20 Å². The van der Waals surface area contributed by atoms with Gasteiger partial charge in [-0.05, 0) is 56.8 Å². The zero-order valence-corrected chi connectivity index (χ0v) is 20.6. The van der Waals surface area contributed by atoms with Crippen LogP contribution >= 0.6 is 11.3 Å². The molecule has 2 amide bonds. The van der Waals surface area contributed by atoms with Crippen molar-refractivity contribution < 1.29 is 23.1 Å². The number of anilines is 1. The molecular weight excluding hydrogens is 452 g/mol. The average molecular weight is 487 g/mol. The number of nitrogens with zero attached hydrogens (tertiary/aromatic N) is 3. The second-order valence-electron chi connectivity index (χ2n) is 9.32. The van der Waals surface area contributed by atoms with E-state index in [-0.39, 0.29) is 28.0 Å². The van der Waals surface area contributed by atoms with Crippen molar-refractivity contribution in [2.24, 2.45) is 11.8 Å². The molecule has 0 bridgehead atoms. The van der Waals surface area contributed by atoms with Gasteiger partial charge in [-0.3, -0.25) is 10.1 Å². The lowest BCUT2D eigenvalue weighted by Crippen LogP contribution is -2.45. The van der Waals surface area contributed by atoms with Crippen molar-refractivity contribution in [1.29, 1.82) is 0 Å². The van der Waals surface area contributed by atoms with Crippen LogP contribution in [-0.2, 0) is 14.8 Å². The standard InChI is InChI=1S/C21H34N4O5S2/c1-14(2)10-12-24(16-8-6-15(3)7-9-16)21(28)23-20-22-13-18(31-20)32(29,30)25-11-4-5-17(25)19(26)27/h13-17H,4-12H2,1-3H3,(H,26,27)(H,22,23,28). The molecule has 1 aliphatic heterocycles. The van der Waals surface area contributed by atoms with E-state index in [0.717, 1.165) is 47.7 Å². The molecule has 0 aromatic carbocycles. The number of nitrogens with one attached hydrogen (secondary N) is 1. The molecule has 9 nitrogen and oxygen atoms in total. The maximum atomic E-state index is 13.1. The number of sulfonamides is 1. The molecule has 1 aromatic rings. The lowest BCUT2D eigenvalue weighted by atomic mass is 9.86. The van der Waals surface area contributed by atoms with Crippen LogP contribution in [0.1, 0.15) is 65.7 Å². The number of carboxylic acid groups (broad SMARTS) is 1. The largest absolute Gasteiger partial charge is 0.480 e. The number of hydrogen-bond acceptors (Lipinski definition) is 6. The van der Waals surface area contributed by atoms with E-state index in [4.69, 9.17) is 0 Å². The third-order valence-electron chi connectivity index (χ3n) is 6.38. The van der Waals surface area contributed by atoms with E-state index in [9.17, 15) is 23.1 Å². The fourth-order valence-electron chi connectivity index (χ4n) is 4.39. The predicted octanol–water partition coefficient (Wildman–Crippen LogP) is 3.84. The molecule has 32 heavy (non-hydrogen) atoms. The minimum Gasteiger partial charge on any atom is -0.480 e. The summed E-state index contributed by atoms with van der Waals surface area (Å²) in [5.74, 6) is -0.00743. The molecule has 1 atom stereocenters. The molecule has 11 heteroatoms. The third kappa shape index (κ3) is 5.79. The van der Waals surface area contributed by atoms with Crippen molar-refractivity contribution in [2.45, 2.75) is 82.0 Å². The Morgan fingerprint density at radius 1 is 1.28 bits per heavy atom. The monoisotopic (exact) mass is 486 g/mol. The van der Waals surface area contributed by atoms with Gasteiger partial charge >= 0.3 is 12.0 Å². The number of hydrogen-bond donors (Lipinski definition) is 2. The van der Waals surface area contributed by atoms with Crippen LogP contribution < -0.4 is 5.32 Å². The fourth-order valence-corrected chi connectivity index (χ4v) is 7.19. The first-order valence-corrected chi connectivity index (χ1v) is 13.6. The van der Waals surface area contributed by atoms with E-state index in [1.165, 1.54) is 6.20 Å². The van der Waals surface area contributed by atoms with E-state index in [1.807, 2.05) is 4.90 Å². The Labute approximate surface area is 194 Å². The summed E-state index contributed by atoms with van der Waals surface area (Å²) >= 11 is 0.865. The van der Waals surface area contributed by atoms with Crippen LogP contribution in [0.4, 0.5) is 9.93 Å². The van der Waals surface area contributed by atoms with Crippen LogP contribution in [0.25, 0.3) is 0 Å². The molecule has 1 saturated heterocycles. The zero-order chi connectivity index (χ0) is 23.5. The molecule has 2 fully saturated rings. The number of thiazole rings is 1. The number of amides is 2. The number of aromatic nitrogens is 1. The molecule has 1 unspecified atom stereocenters. The van der Waals surface area contributed by atoms with Crippen LogP contribution in [0.2, 0.25) is 0 Å². The molecule has 1 aromatic heterocycles. The fraction of sp³-hybridized carbons (Fsp3) is 0.762. The molecule has 0 radical (unpaired) electrons. The Hall–Kier alpha value is -1.72. The summed E-state index contributed by atoms with van der Waals surface area (Å²) in [7, 11) is -3.97. The van der Waals surface area contributed by atoms with E-state index in [0.29, 0.717) is 31.2 Å². The van der Waals surface area contributed by atoms with Gasteiger partial charge < -0.3 is 10.0 Å². The van der Waals surface area contributed by atoms with E-state index in [2.05, 4.69) is 31.1 Å². The highest BCUT2D eigenvalue weighted by atomic mass is 32.2. The number of carboxylic acids is 1. The van der Waals surface area contributed by atoms with Gasteiger partial charge in [0, 0.05) is 19.1 Å². The Morgan fingerprint density at radius 2 is 1.97 bits per heavy atom. The SMILES string of the molecule is CC(C)CCN(C(=O)Nc1ncc(S(=O)(=O)N2CCCC2C(=O)O)s1)C1CCC(C)CC1. The highest BCUT2D eigenvalue weighted by Gasteiger charge is 2.40. The number of rotatable bonds is 8. The molecule has 2 aliphatic rings. The van der Waals surface area contributed by atoms with Crippen molar-refractivity contribution in [3.8, 4) is 0 Å². The van der Waals surface area contributed by atoms with Crippen LogP contribution in [-0.4, -0.2) is 64.9 Å². The van der Waals surface area contributed by atoms with Gasteiger partial charge in [0.15, 0.2) is 9.34 Å². The molecule has 0 spiro atoms. The van der Waals surface area contributed by atoms with Gasteiger partial charge in [0.1, 0.15) is 6.04 Å². The smallest absolute Gasteiger partial charge is 0.323 e. The first-order chi connectivity index (χ1) is 15.1. The maximum absolute atomic E-state index is 13.1. The summed E-state index contributed by atoms with van der Waals surface area (Å²) in [6, 6.07) is -1.14. The molecule has 3 rings (SSSR count). The second-order valence-corrected chi connectivity index (χ2v) is 12.5. The van der Waals surface area contributed by atoms with Crippen molar-refractivity contribution >= 4 is 38.5 Å². The van der Waals surface area contributed by atoms with Gasteiger partial charge in [0.25, 0.3) is 10.0 Å². The van der Waals surface area contributed by atoms with Crippen LogP contribution in [0, 0.1) is 11.8 Å². The normalized spacial score (nSPS) is 24.6. The molecule has 2 heterocycles. The highest BCUT2D eigenvalue weighted by Crippen LogP contribution is 2.32. The Morgan fingerprint density at radius 3 is 2.59 bits per heavy atom. The Balaban J connectivity index is 1.71. The number of carbonyl (C=O) groups excluding carboxylic acids is 1. The van der Waals surface area contributed by atoms with E-state index < -0.39 is 22.0 Å². The topological polar surface area (TPSA) is 120 Å². The minimum absolute atomic E-state index is 0.0545. The number of carbonyl (C=O) groups is 2. The first kappa shape index (κ1) is 24.9. The summed E-state index contributed by atoms with van der Waals surface area (Å²) in [6.07, 6.45) is 7.01. The third-order valence-corrected chi connectivity index (χ3v) is 9.64. The average Bonchev–Trinajstić information content (AvgIpc) is 3.39. The zero-order valence-electron chi connectivity index (χ0n) is 19.0. The number of aliphatic carboxylic acids is 1. The van der Waals surface area contributed by atoms with Gasteiger partial charge in [-0.2, -0.15) is 4.31 Å². The van der Waals surface area contributed by atoms with E-state index >= 15 is 0 Å². The molecule has 180 valence electrons. The summed E-state index contributed by atoms with van der Waals surface area (Å²) in [6.45, 7) is 7.30. The lowest BCUT2D eigenvalue weighted by Gasteiger charge is -2.36. The Bertz CT molecular complexity index is 909. The van der Waals surface area contributed by atoms with Gasteiger partial charge in [-0.25, -0.2) is 18.2 Å². The van der Waals surface area contributed by atoms with Crippen LogP contribution in [0.5, 0.6) is 0 Å². The summed E-state index contributed by atoms with van der Waals surface area (Å²) in [4.78, 5) is 30.5. The van der Waals surface area contributed by atoms with Crippen LogP contribution in [0.15, 0.2) is 10.4 Å². The lowest BCUT2D eigenvalue weighted by molar-refractivity contribution is -0.140. The predicted molar refractivity (Wildman–Crippen MR) is 123 cm³/mol. The quantitative estimate of drug-likeness (QED) is 0.576. The van der Waals surface area contributed by atoms with Crippen molar-refractivity contribution in [1.82, 2.24) is 14.2 Å². The van der Waals surface area contributed by atoms with Gasteiger partial charge in [0.05, 0.1) is 6.20 Å². The van der Waals surface area contributed by atoms with Crippen molar-refractivity contribution in [3.63, 3.8) is 0 Å². The minimum atomic E-state index is -3.97.